The minimum absolute atomic E-state index is 0.318. The molecule has 0 aliphatic carbocycles. The number of nitrogens with one attached hydrogen (secondary N) is 1. The van der Waals surface area contributed by atoms with Crippen molar-refractivity contribution in [3.63, 3.8) is 0 Å². The third-order valence-electron chi connectivity index (χ3n) is 3.01. The van der Waals surface area contributed by atoms with Crippen LogP contribution in [0.3, 0.4) is 0 Å². The largest absolute Gasteiger partial charge is 0.478 e. The average Bonchev–Trinajstić information content (AvgIpc) is 2.38. The zero-order chi connectivity index (χ0) is 13.7. The van der Waals surface area contributed by atoms with E-state index in [1.165, 1.54) is 0 Å². The van der Waals surface area contributed by atoms with E-state index in [1.54, 1.807) is 0 Å². The van der Waals surface area contributed by atoms with Crippen LogP contribution in [0.15, 0.2) is 6.07 Å². The molecule has 0 bridgehead atoms. The number of aromatic nitrogens is 2. The summed E-state index contributed by atoms with van der Waals surface area (Å²) in [5.41, 5.74) is 0.892. The van der Waals surface area contributed by atoms with E-state index in [0.717, 1.165) is 36.5 Å². The first kappa shape index (κ1) is 14.2. The van der Waals surface area contributed by atoms with Gasteiger partial charge in [0.05, 0.1) is 6.61 Å². The van der Waals surface area contributed by atoms with E-state index in [1.807, 2.05) is 13.0 Å². The minimum atomic E-state index is -0.637. The Kier molecular flexibility index (Phi) is 5.13. The molecule has 1 aliphatic rings. The van der Waals surface area contributed by atoms with Crippen LogP contribution in [-0.2, 0) is 10.8 Å². The number of anilines is 1. The highest BCUT2D eigenvalue weighted by Crippen LogP contribution is 2.17. The van der Waals surface area contributed by atoms with Crippen LogP contribution in [0.4, 0.5) is 5.95 Å². The lowest BCUT2D eigenvalue weighted by atomic mass is 10.2. The lowest BCUT2D eigenvalue weighted by Gasteiger charge is -2.22. The van der Waals surface area contributed by atoms with E-state index < -0.39 is 10.8 Å². The SMILES string of the molecule is CCCOc1cc(C)nc(NC2CCS(=O)CC2)n1. The summed E-state index contributed by atoms with van der Waals surface area (Å²) in [6.07, 6.45) is 2.78. The van der Waals surface area contributed by atoms with Gasteiger partial charge in [0, 0.05) is 40.1 Å². The molecule has 0 aromatic carbocycles. The maximum absolute atomic E-state index is 11.3. The number of rotatable bonds is 5. The topological polar surface area (TPSA) is 64.1 Å². The number of hydrogen-bond donors (Lipinski definition) is 1. The summed E-state index contributed by atoms with van der Waals surface area (Å²) in [6.45, 7) is 4.66. The van der Waals surface area contributed by atoms with Gasteiger partial charge in [-0.05, 0) is 26.2 Å². The summed E-state index contributed by atoms with van der Waals surface area (Å²) < 4.78 is 16.9. The highest BCUT2D eigenvalue weighted by Gasteiger charge is 2.18. The summed E-state index contributed by atoms with van der Waals surface area (Å²) >= 11 is 0. The fourth-order valence-electron chi connectivity index (χ4n) is 2.01. The Morgan fingerprint density at radius 3 is 2.84 bits per heavy atom. The first-order chi connectivity index (χ1) is 9.17. The first-order valence-corrected chi connectivity index (χ1v) is 8.26. The van der Waals surface area contributed by atoms with E-state index >= 15 is 0 Å². The summed E-state index contributed by atoms with van der Waals surface area (Å²) in [5.74, 6) is 2.77. The predicted octanol–water partition coefficient (Wildman–Crippen LogP) is 1.90. The van der Waals surface area contributed by atoms with Crippen molar-refractivity contribution in [1.29, 1.82) is 0 Å². The van der Waals surface area contributed by atoms with Gasteiger partial charge in [0.2, 0.25) is 11.8 Å². The van der Waals surface area contributed by atoms with Crippen molar-refractivity contribution in [2.24, 2.45) is 0 Å². The van der Waals surface area contributed by atoms with E-state index in [4.69, 9.17) is 4.74 Å². The number of hydrogen-bond acceptors (Lipinski definition) is 5. The summed E-state index contributed by atoms with van der Waals surface area (Å²) in [4.78, 5) is 8.74. The Morgan fingerprint density at radius 1 is 1.42 bits per heavy atom. The summed E-state index contributed by atoms with van der Waals surface area (Å²) in [5, 5.41) is 3.32. The zero-order valence-corrected chi connectivity index (χ0v) is 12.3. The van der Waals surface area contributed by atoms with Crippen LogP contribution < -0.4 is 10.1 Å². The summed E-state index contributed by atoms with van der Waals surface area (Å²) in [7, 11) is -0.637. The van der Waals surface area contributed by atoms with Crippen molar-refractivity contribution in [2.75, 3.05) is 23.4 Å². The molecule has 0 spiro atoms. The standard InChI is InChI=1S/C13H21N3O2S/c1-3-6-18-12-9-10(2)14-13(16-12)15-11-4-7-19(17)8-5-11/h9,11H,3-8H2,1-2H3,(H,14,15,16). The molecule has 0 amide bonds. The molecule has 1 saturated heterocycles. The Bertz CT molecular complexity index is 444. The van der Waals surface area contributed by atoms with E-state index in [9.17, 15) is 4.21 Å². The minimum Gasteiger partial charge on any atom is -0.478 e. The highest BCUT2D eigenvalue weighted by molar-refractivity contribution is 7.85. The quantitative estimate of drug-likeness (QED) is 0.894. The van der Waals surface area contributed by atoms with Crippen LogP contribution >= 0.6 is 0 Å². The zero-order valence-electron chi connectivity index (χ0n) is 11.5. The fraction of sp³-hybridized carbons (Fsp3) is 0.692. The molecule has 1 N–H and O–H groups in total. The van der Waals surface area contributed by atoms with Crippen LogP contribution in [0.25, 0.3) is 0 Å². The third-order valence-corrected chi connectivity index (χ3v) is 4.39. The molecule has 19 heavy (non-hydrogen) atoms. The van der Waals surface area contributed by atoms with E-state index in [-0.39, 0.29) is 0 Å². The van der Waals surface area contributed by atoms with Gasteiger partial charge in [0.15, 0.2) is 0 Å². The van der Waals surface area contributed by atoms with Gasteiger partial charge in [-0.3, -0.25) is 4.21 Å². The molecule has 106 valence electrons. The lowest BCUT2D eigenvalue weighted by Crippen LogP contribution is -2.30. The average molecular weight is 283 g/mol. The van der Waals surface area contributed by atoms with Gasteiger partial charge in [-0.25, -0.2) is 4.98 Å². The number of ether oxygens (including phenoxy) is 1. The van der Waals surface area contributed by atoms with Crippen molar-refractivity contribution in [3.05, 3.63) is 11.8 Å². The Balaban J connectivity index is 1.99. The maximum Gasteiger partial charge on any atom is 0.226 e. The molecule has 0 unspecified atom stereocenters. The molecular weight excluding hydrogens is 262 g/mol. The second kappa shape index (κ2) is 6.84. The molecule has 0 saturated carbocycles. The maximum atomic E-state index is 11.3. The van der Waals surface area contributed by atoms with Crippen molar-refractivity contribution >= 4 is 16.7 Å². The third kappa shape index (κ3) is 4.45. The molecule has 1 aromatic heterocycles. The van der Waals surface area contributed by atoms with Crippen LogP contribution in [0.2, 0.25) is 0 Å². The van der Waals surface area contributed by atoms with Gasteiger partial charge in [-0.15, -0.1) is 0 Å². The molecule has 0 radical (unpaired) electrons. The second-order valence-corrected chi connectivity index (χ2v) is 6.48. The predicted molar refractivity (Wildman–Crippen MR) is 77.1 cm³/mol. The molecule has 1 aliphatic heterocycles. The van der Waals surface area contributed by atoms with Gasteiger partial charge < -0.3 is 10.1 Å². The van der Waals surface area contributed by atoms with Crippen LogP contribution in [0.5, 0.6) is 5.88 Å². The van der Waals surface area contributed by atoms with Crippen LogP contribution in [0, 0.1) is 6.92 Å². The van der Waals surface area contributed by atoms with Crippen LogP contribution in [-0.4, -0.2) is 38.3 Å². The number of nitrogens with zero attached hydrogens (tertiary/aromatic N) is 2. The van der Waals surface area contributed by atoms with Crippen molar-refractivity contribution < 1.29 is 8.95 Å². The monoisotopic (exact) mass is 283 g/mol. The van der Waals surface area contributed by atoms with Gasteiger partial charge in [0.25, 0.3) is 0 Å². The molecule has 0 atom stereocenters. The molecular formula is C13H21N3O2S. The fourth-order valence-corrected chi connectivity index (χ4v) is 3.30. The molecule has 1 aromatic rings. The Labute approximate surface area is 116 Å². The van der Waals surface area contributed by atoms with Crippen molar-refractivity contribution in [1.82, 2.24) is 9.97 Å². The van der Waals surface area contributed by atoms with Gasteiger partial charge in [-0.2, -0.15) is 4.98 Å². The lowest BCUT2D eigenvalue weighted by molar-refractivity contribution is 0.304. The first-order valence-electron chi connectivity index (χ1n) is 6.77. The van der Waals surface area contributed by atoms with Crippen molar-refractivity contribution in [2.45, 2.75) is 39.2 Å². The van der Waals surface area contributed by atoms with Gasteiger partial charge in [-0.1, -0.05) is 6.92 Å². The second-order valence-electron chi connectivity index (χ2n) is 4.79. The van der Waals surface area contributed by atoms with E-state index in [0.29, 0.717) is 24.5 Å². The molecule has 2 heterocycles. The van der Waals surface area contributed by atoms with Crippen LogP contribution in [0.1, 0.15) is 31.9 Å². The van der Waals surface area contributed by atoms with Gasteiger partial charge in [0.1, 0.15) is 0 Å². The smallest absolute Gasteiger partial charge is 0.226 e. The van der Waals surface area contributed by atoms with Crippen molar-refractivity contribution in [3.8, 4) is 5.88 Å². The van der Waals surface area contributed by atoms with E-state index in [2.05, 4.69) is 22.2 Å². The van der Waals surface area contributed by atoms with Gasteiger partial charge >= 0.3 is 0 Å². The highest BCUT2D eigenvalue weighted by atomic mass is 32.2. The molecule has 6 heteroatoms. The number of aryl methyl sites for hydroxylation is 1. The molecule has 5 nitrogen and oxygen atoms in total. The Morgan fingerprint density at radius 2 is 2.16 bits per heavy atom. The summed E-state index contributed by atoms with van der Waals surface area (Å²) in [6, 6.07) is 2.16. The molecule has 1 fully saturated rings. The normalized spacial score (nSPS) is 23.1. The molecule has 2 rings (SSSR count). The Hall–Kier alpha value is -1.17.